The number of carbonyl (C=O) groups excluding carboxylic acids is 3. The second-order valence-corrected chi connectivity index (χ2v) is 7.39. The zero-order valence-electron chi connectivity index (χ0n) is 15.9. The maximum absolute atomic E-state index is 14.8. The van der Waals surface area contributed by atoms with E-state index < -0.39 is 23.8 Å². The third kappa shape index (κ3) is 3.39. The first-order valence-corrected chi connectivity index (χ1v) is 9.19. The Morgan fingerprint density at radius 1 is 1.24 bits per heavy atom. The third-order valence-corrected chi connectivity index (χ3v) is 5.28. The lowest BCUT2D eigenvalue weighted by atomic mass is 10.0. The Hall–Kier alpha value is -3.17. The van der Waals surface area contributed by atoms with Gasteiger partial charge in [-0.2, -0.15) is 0 Å². The summed E-state index contributed by atoms with van der Waals surface area (Å²) in [6.07, 6.45) is 0.363. The average molecular weight is 406 g/mol. The van der Waals surface area contributed by atoms with Gasteiger partial charge in [0.05, 0.1) is 30.4 Å². The molecular weight excluding hydrogens is 386 g/mol. The Morgan fingerprint density at radius 2 is 1.93 bits per heavy atom. The molecule has 3 aliphatic rings. The lowest BCUT2D eigenvalue weighted by molar-refractivity contribution is -0.119. The summed E-state index contributed by atoms with van der Waals surface area (Å²) in [5, 5.41) is 2.54. The SMILES string of the molecule is CC(=O)NC[C@H]1CN(c2cc(F)c(C3=CC4CN(C)C(=O)N4C3)c(F)c2)C(=O)O1. The fourth-order valence-corrected chi connectivity index (χ4v) is 3.90. The molecule has 4 rings (SSSR count). The average Bonchev–Trinajstić information content (AvgIpc) is 3.28. The predicted molar refractivity (Wildman–Crippen MR) is 99.2 cm³/mol. The van der Waals surface area contributed by atoms with E-state index in [0.29, 0.717) is 12.1 Å². The molecule has 3 heterocycles. The predicted octanol–water partition coefficient (Wildman–Crippen LogP) is 1.56. The molecule has 10 heteroatoms. The molecule has 3 aliphatic heterocycles. The van der Waals surface area contributed by atoms with Crippen LogP contribution in [0.4, 0.5) is 24.1 Å². The van der Waals surface area contributed by atoms with Crippen LogP contribution in [0.25, 0.3) is 5.57 Å². The first kappa shape index (κ1) is 19.2. The van der Waals surface area contributed by atoms with Crippen molar-refractivity contribution >= 4 is 29.3 Å². The molecule has 0 saturated carbocycles. The summed E-state index contributed by atoms with van der Waals surface area (Å²) in [7, 11) is 1.68. The monoisotopic (exact) mass is 406 g/mol. The highest BCUT2D eigenvalue weighted by Crippen LogP contribution is 2.35. The number of nitrogens with one attached hydrogen (secondary N) is 1. The minimum atomic E-state index is -0.814. The first-order chi connectivity index (χ1) is 13.7. The van der Waals surface area contributed by atoms with Gasteiger partial charge in [0.2, 0.25) is 5.91 Å². The van der Waals surface area contributed by atoms with Gasteiger partial charge in [0, 0.05) is 27.1 Å². The molecule has 1 aromatic rings. The molecule has 29 heavy (non-hydrogen) atoms. The number of carbonyl (C=O) groups is 3. The van der Waals surface area contributed by atoms with E-state index in [1.165, 1.54) is 6.92 Å². The van der Waals surface area contributed by atoms with Crippen molar-refractivity contribution in [2.45, 2.75) is 19.1 Å². The Balaban J connectivity index is 1.54. The summed E-state index contributed by atoms with van der Waals surface area (Å²) in [5.74, 6) is -1.89. The Kier molecular flexibility index (Phi) is 4.64. The van der Waals surface area contributed by atoms with Crippen LogP contribution in [0, 0.1) is 11.6 Å². The number of likely N-dealkylation sites (N-methyl/N-ethyl adjacent to an activating group) is 1. The van der Waals surface area contributed by atoms with Crippen molar-refractivity contribution in [3.05, 3.63) is 35.4 Å². The minimum Gasteiger partial charge on any atom is -0.442 e. The number of benzene rings is 1. The standard InChI is InChI=1S/C19H20F2N4O4/c1-10(26)22-6-14-9-25(19(28)29-14)12-4-15(20)17(16(21)5-12)11-3-13-8-23(2)18(27)24(13)7-11/h3-5,13-14H,6-9H2,1-2H3,(H,22,26)/t13?,14-/m0/s1. The Morgan fingerprint density at radius 3 is 2.55 bits per heavy atom. The number of cyclic esters (lactones) is 1. The van der Waals surface area contributed by atoms with Crippen molar-refractivity contribution in [1.82, 2.24) is 15.1 Å². The largest absolute Gasteiger partial charge is 0.442 e. The summed E-state index contributed by atoms with van der Waals surface area (Å²) in [4.78, 5) is 39.4. The van der Waals surface area contributed by atoms with Crippen molar-refractivity contribution in [2.75, 3.05) is 38.1 Å². The van der Waals surface area contributed by atoms with Gasteiger partial charge in [-0.3, -0.25) is 9.69 Å². The fourth-order valence-electron chi connectivity index (χ4n) is 3.90. The number of nitrogens with zero attached hydrogens (tertiary/aromatic N) is 3. The van der Waals surface area contributed by atoms with Crippen LogP contribution in [0.3, 0.4) is 0 Å². The van der Waals surface area contributed by atoms with E-state index in [1.807, 2.05) is 0 Å². The van der Waals surface area contributed by atoms with Crippen LogP contribution >= 0.6 is 0 Å². The van der Waals surface area contributed by atoms with Crippen LogP contribution in [0.1, 0.15) is 12.5 Å². The van der Waals surface area contributed by atoms with Gasteiger partial charge in [-0.15, -0.1) is 0 Å². The maximum atomic E-state index is 14.8. The van der Waals surface area contributed by atoms with Crippen molar-refractivity contribution < 1.29 is 27.9 Å². The minimum absolute atomic E-state index is 0.0361. The number of rotatable bonds is 4. The van der Waals surface area contributed by atoms with Crippen LogP contribution in [-0.4, -0.2) is 73.2 Å². The summed E-state index contributed by atoms with van der Waals surface area (Å²) < 4.78 is 34.8. The van der Waals surface area contributed by atoms with Crippen LogP contribution in [-0.2, 0) is 9.53 Å². The van der Waals surface area contributed by atoms with Gasteiger partial charge in [0.1, 0.15) is 17.7 Å². The van der Waals surface area contributed by atoms with E-state index in [1.54, 1.807) is 22.9 Å². The number of halogens is 2. The number of urea groups is 1. The molecule has 2 saturated heterocycles. The van der Waals surface area contributed by atoms with Gasteiger partial charge in [-0.25, -0.2) is 18.4 Å². The molecular formula is C19H20F2N4O4. The number of hydrogen-bond acceptors (Lipinski definition) is 4. The molecule has 154 valence electrons. The maximum Gasteiger partial charge on any atom is 0.414 e. The lowest BCUT2D eigenvalue weighted by Crippen LogP contribution is -2.33. The van der Waals surface area contributed by atoms with Gasteiger partial charge in [-0.05, 0) is 17.7 Å². The summed E-state index contributed by atoms with van der Waals surface area (Å²) in [6, 6.07) is 1.78. The van der Waals surface area contributed by atoms with E-state index in [2.05, 4.69) is 5.32 Å². The highest BCUT2D eigenvalue weighted by Gasteiger charge is 2.40. The second kappa shape index (κ2) is 7.02. The van der Waals surface area contributed by atoms with Crippen molar-refractivity contribution in [3.63, 3.8) is 0 Å². The molecule has 4 amide bonds. The molecule has 1 unspecified atom stereocenters. The molecule has 8 nitrogen and oxygen atoms in total. The second-order valence-electron chi connectivity index (χ2n) is 7.39. The van der Waals surface area contributed by atoms with Crippen LogP contribution < -0.4 is 10.2 Å². The Labute approximate surface area is 165 Å². The van der Waals surface area contributed by atoms with Crippen molar-refractivity contribution in [3.8, 4) is 0 Å². The molecule has 0 radical (unpaired) electrons. The van der Waals surface area contributed by atoms with E-state index in [4.69, 9.17) is 4.74 Å². The highest BCUT2D eigenvalue weighted by atomic mass is 19.1. The van der Waals surface area contributed by atoms with Crippen LogP contribution in [0.15, 0.2) is 18.2 Å². The quantitative estimate of drug-likeness (QED) is 0.823. The molecule has 0 aromatic heterocycles. The third-order valence-electron chi connectivity index (χ3n) is 5.28. The smallest absolute Gasteiger partial charge is 0.414 e. The van der Waals surface area contributed by atoms with Crippen LogP contribution in [0.5, 0.6) is 0 Å². The van der Waals surface area contributed by atoms with E-state index in [0.717, 1.165) is 17.0 Å². The van der Waals surface area contributed by atoms with Crippen molar-refractivity contribution in [2.24, 2.45) is 0 Å². The topological polar surface area (TPSA) is 82.2 Å². The molecule has 0 spiro atoms. The lowest BCUT2D eigenvalue weighted by Gasteiger charge is -2.17. The van der Waals surface area contributed by atoms with Gasteiger partial charge in [-0.1, -0.05) is 6.08 Å². The van der Waals surface area contributed by atoms with E-state index in [9.17, 15) is 23.2 Å². The number of hydrogen-bond donors (Lipinski definition) is 1. The highest BCUT2D eigenvalue weighted by molar-refractivity contribution is 5.90. The summed E-state index contributed by atoms with van der Waals surface area (Å²) in [5.41, 5.74) is 0.250. The van der Waals surface area contributed by atoms with Crippen LogP contribution in [0.2, 0.25) is 0 Å². The normalized spacial score (nSPS) is 23.4. The van der Waals surface area contributed by atoms with Gasteiger partial charge < -0.3 is 19.9 Å². The van der Waals surface area contributed by atoms with Crippen molar-refractivity contribution in [1.29, 1.82) is 0 Å². The number of ether oxygens (including phenoxy) is 1. The summed E-state index contributed by atoms with van der Waals surface area (Å²) in [6.45, 7) is 2.13. The van der Waals surface area contributed by atoms with Gasteiger partial charge in [0.15, 0.2) is 0 Å². The Bertz CT molecular complexity index is 912. The van der Waals surface area contributed by atoms with Gasteiger partial charge in [0.25, 0.3) is 0 Å². The fraction of sp³-hybridized carbons (Fsp3) is 0.421. The van der Waals surface area contributed by atoms with Gasteiger partial charge >= 0.3 is 12.1 Å². The number of fused-ring (bicyclic) bond motifs is 1. The summed E-state index contributed by atoms with van der Waals surface area (Å²) >= 11 is 0. The zero-order valence-corrected chi connectivity index (χ0v) is 15.9. The molecule has 1 aromatic carbocycles. The molecule has 0 aliphatic carbocycles. The number of anilines is 1. The van der Waals surface area contributed by atoms with E-state index in [-0.39, 0.29) is 48.9 Å². The molecule has 2 fully saturated rings. The van der Waals surface area contributed by atoms with E-state index >= 15 is 0 Å². The molecule has 1 N–H and O–H groups in total. The number of amides is 4. The molecule has 2 atom stereocenters. The molecule has 0 bridgehead atoms. The zero-order chi connectivity index (χ0) is 20.9. The first-order valence-electron chi connectivity index (χ1n) is 9.19.